The first-order chi connectivity index (χ1) is 16.4. The Balaban J connectivity index is 1.68. The minimum atomic E-state index is -4.75. The Hall–Kier alpha value is -3.24. The molecule has 3 aromatic rings. The molecular formula is C23H25N4O6PS. The lowest BCUT2D eigenvalue weighted by molar-refractivity contribution is 0.257. The molecule has 10 nitrogen and oxygen atoms in total. The van der Waals surface area contributed by atoms with Crippen LogP contribution in [0.5, 0.6) is 0 Å². The van der Waals surface area contributed by atoms with Gasteiger partial charge in [-0.1, -0.05) is 6.07 Å². The van der Waals surface area contributed by atoms with Crippen molar-refractivity contribution in [1.82, 2.24) is 4.98 Å². The number of carbonyl (C=O) groups is 1. The highest BCUT2D eigenvalue weighted by atomic mass is 32.2. The zero-order valence-electron chi connectivity index (χ0n) is 19.1. The number of hydrogen-bond donors (Lipinski definition) is 3. The van der Waals surface area contributed by atoms with Gasteiger partial charge < -0.3 is 15.1 Å². The van der Waals surface area contributed by atoms with Gasteiger partial charge in [-0.05, 0) is 79.4 Å². The normalized spacial score (nSPS) is 13.4. The highest BCUT2D eigenvalue weighted by Gasteiger charge is 2.33. The molecule has 0 atom stereocenters. The summed E-state index contributed by atoms with van der Waals surface area (Å²) in [7, 11) is -9.03. The highest BCUT2D eigenvalue weighted by molar-refractivity contribution is 7.93. The summed E-state index contributed by atoms with van der Waals surface area (Å²) in [4.78, 5) is 37.5. The molecule has 2 aromatic carbocycles. The third kappa shape index (κ3) is 5.54. The van der Waals surface area contributed by atoms with E-state index in [0.29, 0.717) is 41.0 Å². The molecule has 0 radical (unpaired) electrons. The van der Waals surface area contributed by atoms with E-state index >= 15 is 0 Å². The van der Waals surface area contributed by atoms with Crippen molar-refractivity contribution in [2.75, 3.05) is 27.4 Å². The van der Waals surface area contributed by atoms with Gasteiger partial charge in [0.1, 0.15) is 6.29 Å². The summed E-state index contributed by atoms with van der Waals surface area (Å²) in [6.45, 7) is 3.87. The molecule has 4 rings (SSSR count). The van der Waals surface area contributed by atoms with E-state index < -0.39 is 23.9 Å². The van der Waals surface area contributed by atoms with Crippen molar-refractivity contribution in [2.45, 2.75) is 25.2 Å². The van der Waals surface area contributed by atoms with Gasteiger partial charge in [-0.15, -0.1) is 0 Å². The second-order valence-electron chi connectivity index (χ2n) is 8.37. The molecule has 0 aliphatic carbocycles. The summed E-state index contributed by atoms with van der Waals surface area (Å²) in [6.07, 6.45) is 2.57. The molecule has 3 N–H and O–H groups in total. The Morgan fingerprint density at radius 2 is 1.86 bits per heavy atom. The summed E-state index contributed by atoms with van der Waals surface area (Å²) in [5, 5.41) is 2.76. The first-order valence-electron chi connectivity index (χ1n) is 10.7. The molecule has 2 amide bonds. The van der Waals surface area contributed by atoms with E-state index in [1.807, 2.05) is 6.07 Å². The summed E-state index contributed by atoms with van der Waals surface area (Å²) >= 11 is 0. The molecule has 12 heteroatoms. The largest absolute Gasteiger partial charge is 0.345 e. The zero-order chi connectivity index (χ0) is 25.4. The first-order valence-corrected chi connectivity index (χ1v) is 13.9. The second-order valence-corrected chi connectivity index (χ2v) is 11.8. The zero-order valence-corrected chi connectivity index (χ0v) is 20.8. The Morgan fingerprint density at radius 1 is 1.14 bits per heavy atom. The second kappa shape index (κ2) is 9.43. The van der Waals surface area contributed by atoms with Crippen LogP contribution in [0.15, 0.2) is 65.8 Å². The van der Waals surface area contributed by atoms with Gasteiger partial charge in [0.05, 0.1) is 22.5 Å². The van der Waals surface area contributed by atoms with E-state index in [-0.39, 0.29) is 16.6 Å². The number of sulfonamides is 1. The van der Waals surface area contributed by atoms with Gasteiger partial charge in [-0.3, -0.25) is 18.8 Å². The van der Waals surface area contributed by atoms with Gasteiger partial charge in [0.2, 0.25) is 0 Å². The molecule has 35 heavy (non-hydrogen) atoms. The quantitative estimate of drug-likeness (QED) is 0.425. The first kappa shape index (κ1) is 24.9. The van der Waals surface area contributed by atoms with Crippen molar-refractivity contribution in [3.63, 3.8) is 0 Å². The van der Waals surface area contributed by atoms with E-state index in [4.69, 9.17) is 0 Å². The third-order valence-electron chi connectivity index (χ3n) is 5.50. The monoisotopic (exact) mass is 516 g/mol. The van der Waals surface area contributed by atoms with Crippen molar-refractivity contribution in [1.29, 1.82) is 0 Å². The number of aromatic nitrogens is 1. The fourth-order valence-corrected chi connectivity index (χ4v) is 6.93. The van der Waals surface area contributed by atoms with E-state index in [1.165, 1.54) is 29.3 Å². The standard InChI is InChI=1S/C23H25N4O6PS/c1-16-10-17(2)12-21(11-16)35(32,33)27(15-34(29,30)31)20-5-6-22-18(13-20)7-9-26(22)23(28)25-19-4-3-8-24-14-19/h3-6,8,10-14H,7,9,15H2,1-2H3,(H,25,28)(H2,29,30,31). The maximum atomic E-state index is 13.5. The van der Waals surface area contributed by atoms with Gasteiger partial charge in [-0.2, -0.15) is 0 Å². The van der Waals surface area contributed by atoms with E-state index in [2.05, 4.69) is 10.3 Å². The van der Waals surface area contributed by atoms with Crippen LogP contribution in [0.25, 0.3) is 0 Å². The molecule has 1 aliphatic heterocycles. The molecule has 0 unspecified atom stereocenters. The summed E-state index contributed by atoms with van der Waals surface area (Å²) in [5.41, 5.74) is 3.36. The summed E-state index contributed by atoms with van der Waals surface area (Å²) < 4.78 is 39.6. The van der Waals surface area contributed by atoms with E-state index in [0.717, 1.165) is 4.31 Å². The van der Waals surface area contributed by atoms with Crippen LogP contribution in [-0.2, 0) is 21.0 Å². The number of benzene rings is 2. The van der Waals surface area contributed by atoms with Gasteiger partial charge in [0.25, 0.3) is 10.0 Å². The molecule has 184 valence electrons. The van der Waals surface area contributed by atoms with Crippen LogP contribution in [0.1, 0.15) is 16.7 Å². The third-order valence-corrected chi connectivity index (χ3v) is 8.09. The molecule has 0 saturated heterocycles. The maximum Gasteiger partial charge on any atom is 0.345 e. The lowest BCUT2D eigenvalue weighted by atomic mass is 10.1. The average molecular weight is 517 g/mol. The van der Waals surface area contributed by atoms with Crippen LogP contribution >= 0.6 is 7.60 Å². The number of amides is 2. The topological polar surface area (TPSA) is 140 Å². The van der Waals surface area contributed by atoms with Crippen molar-refractivity contribution in [3.05, 3.63) is 77.6 Å². The van der Waals surface area contributed by atoms with Crippen molar-refractivity contribution in [3.8, 4) is 0 Å². The van der Waals surface area contributed by atoms with Crippen LogP contribution in [-0.4, -0.2) is 42.1 Å². The Morgan fingerprint density at radius 3 is 2.49 bits per heavy atom. The van der Waals surface area contributed by atoms with Crippen molar-refractivity contribution in [2.24, 2.45) is 0 Å². The van der Waals surface area contributed by atoms with Gasteiger partial charge in [0.15, 0.2) is 0 Å². The summed E-state index contributed by atoms with van der Waals surface area (Å²) in [5.74, 6) is 0. The number of rotatable bonds is 6. The van der Waals surface area contributed by atoms with Crippen LogP contribution in [0.2, 0.25) is 0 Å². The molecule has 0 saturated carbocycles. The van der Waals surface area contributed by atoms with E-state index in [1.54, 1.807) is 44.3 Å². The van der Waals surface area contributed by atoms with Crippen LogP contribution in [0.4, 0.5) is 21.9 Å². The molecule has 0 bridgehead atoms. The van der Waals surface area contributed by atoms with Gasteiger partial charge in [0, 0.05) is 18.4 Å². The van der Waals surface area contributed by atoms with E-state index in [9.17, 15) is 27.6 Å². The molecule has 0 spiro atoms. The summed E-state index contributed by atoms with van der Waals surface area (Å²) in [6, 6.07) is 12.4. The minimum Gasteiger partial charge on any atom is -0.323 e. The Bertz CT molecular complexity index is 1400. The van der Waals surface area contributed by atoms with Crippen molar-refractivity contribution >= 4 is 40.7 Å². The van der Waals surface area contributed by atoms with Crippen LogP contribution in [0.3, 0.4) is 0 Å². The average Bonchev–Trinajstić information content (AvgIpc) is 3.20. The number of anilines is 3. The lowest BCUT2D eigenvalue weighted by Gasteiger charge is -2.26. The lowest BCUT2D eigenvalue weighted by Crippen LogP contribution is -2.33. The van der Waals surface area contributed by atoms with Gasteiger partial charge in [-0.25, -0.2) is 13.2 Å². The number of hydrogen-bond acceptors (Lipinski definition) is 5. The number of aryl methyl sites for hydroxylation is 2. The highest BCUT2D eigenvalue weighted by Crippen LogP contribution is 2.41. The number of pyridine rings is 1. The predicted molar refractivity (Wildman–Crippen MR) is 133 cm³/mol. The van der Waals surface area contributed by atoms with Crippen LogP contribution in [0, 0.1) is 13.8 Å². The SMILES string of the molecule is Cc1cc(C)cc(S(=O)(=O)N(CP(=O)(O)O)c2ccc3c(c2)CCN3C(=O)Nc2cccnc2)c1. The van der Waals surface area contributed by atoms with Crippen molar-refractivity contribution < 1.29 is 27.6 Å². The molecule has 1 aromatic heterocycles. The molecule has 0 fully saturated rings. The number of nitrogens with one attached hydrogen (secondary N) is 1. The fraction of sp³-hybridized carbons (Fsp3) is 0.217. The maximum absolute atomic E-state index is 13.5. The van der Waals surface area contributed by atoms with Crippen LogP contribution < -0.4 is 14.5 Å². The predicted octanol–water partition coefficient (Wildman–Crippen LogP) is 3.62. The number of nitrogens with zero attached hydrogens (tertiary/aromatic N) is 3. The minimum absolute atomic E-state index is 0.0542. The Kier molecular flexibility index (Phi) is 6.70. The molecule has 2 heterocycles. The fourth-order valence-electron chi connectivity index (χ4n) is 4.05. The van der Waals surface area contributed by atoms with Gasteiger partial charge >= 0.3 is 13.6 Å². The molecule has 1 aliphatic rings. The smallest absolute Gasteiger partial charge is 0.323 e. The number of carbonyl (C=O) groups excluding carboxylic acids is 1. The molecular weight excluding hydrogens is 491 g/mol. The number of urea groups is 1. The number of fused-ring (bicyclic) bond motifs is 1. The Labute approximate surface area is 203 Å².